The third-order valence-electron chi connectivity index (χ3n) is 6.63. The van der Waals surface area contributed by atoms with E-state index in [1.807, 2.05) is 37.3 Å². The van der Waals surface area contributed by atoms with Gasteiger partial charge in [-0.2, -0.15) is 0 Å². The minimum atomic E-state index is -3.62. The molecule has 0 radical (unpaired) electrons. The van der Waals surface area contributed by atoms with Crippen LogP contribution in [-0.4, -0.2) is 50.5 Å². The van der Waals surface area contributed by atoms with Crippen LogP contribution in [0.5, 0.6) is 0 Å². The molecule has 0 aliphatic heterocycles. The lowest BCUT2D eigenvalue weighted by Crippen LogP contribution is -2.50. The van der Waals surface area contributed by atoms with Crippen molar-refractivity contribution >= 4 is 39.1 Å². The second-order valence-corrected chi connectivity index (χ2v) is 12.3. The van der Waals surface area contributed by atoms with Crippen LogP contribution in [0.25, 0.3) is 0 Å². The quantitative estimate of drug-likeness (QED) is 0.230. The van der Waals surface area contributed by atoms with E-state index in [1.54, 1.807) is 36.4 Å². The number of nitrogens with zero attached hydrogens (tertiary/aromatic N) is 2. The number of carbonyl (C=O) groups is 2. The normalized spacial score (nSPS) is 12.0. The number of benzene rings is 3. The number of carbonyl (C=O) groups excluding carboxylic acids is 2. The first kappa shape index (κ1) is 32.1. The number of anilines is 1. The molecule has 2 amide bonds. The van der Waals surface area contributed by atoms with Gasteiger partial charge in [-0.1, -0.05) is 67.4 Å². The third-order valence-corrected chi connectivity index (χ3v) is 8.08. The van der Waals surface area contributed by atoms with Gasteiger partial charge < -0.3 is 10.2 Å². The van der Waals surface area contributed by atoms with Crippen molar-refractivity contribution < 1.29 is 22.4 Å². The number of sulfonamides is 1. The van der Waals surface area contributed by atoms with E-state index in [4.69, 9.17) is 11.6 Å². The van der Waals surface area contributed by atoms with E-state index in [-0.39, 0.29) is 37.7 Å². The molecule has 220 valence electrons. The van der Waals surface area contributed by atoms with E-state index in [9.17, 15) is 22.4 Å². The lowest BCUT2D eigenvalue weighted by molar-refractivity contribution is -0.141. The van der Waals surface area contributed by atoms with Gasteiger partial charge in [-0.05, 0) is 60.4 Å². The fraction of sp³-hybridized carbons (Fsp3) is 0.355. The Morgan fingerprint density at radius 3 is 2.20 bits per heavy atom. The van der Waals surface area contributed by atoms with Gasteiger partial charge in [0.2, 0.25) is 21.8 Å². The van der Waals surface area contributed by atoms with Gasteiger partial charge in [0.15, 0.2) is 0 Å². The summed E-state index contributed by atoms with van der Waals surface area (Å²) in [7, 11) is -3.62. The summed E-state index contributed by atoms with van der Waals surface area (Å²) in [6, 6.07) is 20.9. The molecule has 7 nitrogen and oxygen atoms in total. The average Bonchev–Trinajstić information content (AvgIpc) is 2.94. The third kappa shape index (κ3) is 10.2. The molecule has 41 heavy (non-hydrogen) atoms. The van der Waals surface area contributed by atoms with Crippen molar-refractivity contribution in [1.82, 2.24) is 10.2 Å². The Bertz CT molecular complexity index is 1370. The number of hydrogen-bond donors (Lipinski definition) is 1. The predicted molar refractivity (Wildman–Crippen MR) is 162 cm³/mol. The summed E-state index contributed by atoms with van der Waals surface area (Å²) in [4.78, 5) is 28.8. The maximum absolute atomic E-state index is 13.8. The Labute approximate surface area is 247 Å². The van der Waals surface area contributed by atoms with Gasteiger partial charge in [0.25, 0.3) is 0 Å². The Morgan fingerprint density at radius 1 is 0.927 bits per heavy atom. The van der Waals surface area contributed by atoms with Gasteiger partial charge in [0.1, 0.15) is 11.9 Å². The van der Waals surface area contributed by atoms with Crippen LogP contribution in [0.2, 0.25) is 5.02 Å². The Hall–Kier alpha value is -3.43. The highest BCUT2D eigenvalue weighted by Crippen LogP contribution is 2.22. The molecule has 0 spiro atoms. The SMILES string of the molecule is CCCCNC(=O)[C@@H](Cc1ccccc1)N(Cc1ccc(F)cc1)C(=O)CCCN(c1ccc(Cl)cc1)S(C)(=O)=O. The number of hydrogen-bond acceptors (Lipinski definition) is 4. The minimum absolute atomic E-state index is 0.00827. The van der Waals surface area contributed by atoms with Gasteiger partial charge in [-0.15, -0.1) is 0 Å². The standard InChI is InChI=1S/C31H37ClFN3O4S/c1-3-4-20-34-31(38)29(22-24-9-6-5-7-10-24)35(23-25-12-16-27(33)17-13-25)30(37)11-8-21-36(41(2,39)40)28-18-14-26(32)15-19-28/h5-7,9-10,12-19,29H,3-4,8,11,20-23H2,1-2H3,(H,34,38)/t29-/m1/s1. The van der Waals surface area contributed by atoms with Gasteiger partial charge in [-0.25, -0.2) is 12.8 Å². The summed E-state index contributed by atoms with van der Waals surface area (Å²) in [5.41, 5.74) is 2.02. The van der Waals surface area contributed by atoms with E-state index in [2.05, 4.69) is 5.32 Å². The van der Waals surface area contributed by atoms with E-state index in [1.165, 1.54) is 21.3 Å². The molecule has 0 unspecified atom stereocenters. The lowest BCUT2D eigenvalue weighted by Gasteiger charge is -2.32. The molecule has 1 atom stereocenters. The first-order chi connectivity index (χ1) is 19.6. The highest BCUT2D eigenvalue weighted by atomic mass is 35.5. The Balaban J connectivity index is 1.86. The smallest absolute Gasteiger partial charge is 0.243 e. The Kier molecular flexibility index (Phi) is 12.2. The topological polar surface area (TPSA) is 86.8 Å². The van der Waals surface area contributed by atoms with Crippen LogP contribution in [0, 0.1) is 5.82 Å². The molecular weight excluding hydrogens is 565 g/mol. The van der Waals surface area contributed by atoms with Crippen LogP contribution in [0.15, 0.2) is 78.9 Å². The molecule has 0 saturated heterocycles. The predicted octanol–water partition coefficient (Wildman–Crippen LogP) is 5.58. The van der Waals surface area contributed by atoms with Gasteiger partial charge >= 0.3 is 0 Å². The van der Waals surface area contributed by atoms with E-state index >= 15 is 0 Å². The molecule has 0 heterocycles. The molecule has 3 rings (SSSR count). The summed E-state index contributed by atoms with van der Waals surface area (Å²) in [6.07, 6.45) is 3.36. The van der Waals surface area contributed by atoms with Gasteiger partial charge in [0.05, 0.1) is 11.9 Å². The van der Waals surface area contributed by atoms with Crippen molar-refractivity contribution in [1.29, 1.82) is 0 Å². The van der Waals surface area contributed by atoms with Gasteiger partial charge in [-0.3, -0.25) is 13.9 Å². The molecule has 0 saturated carbocycles. The molecule has 0 aromatic heterocycles. The molecule has 0 aliphatic rings. The summed E-state index contributed by atoms with van der Waals surface area (Å²) in [6.45, 7) is 2.69. The molecule has 3 aromatic rings. The van der Waals surface area contributed by atoms with Crippen LogP contribution in [0.1, 0.15) is 43.7 Å². The van der Waals surface area contributed by atoms with Crippen molar-refractivity contribution in [3.63, 3.8) is 0 Å². The zero-order valence-corrected chi connectivity index (χ0v) is 25.0. The van der Waals surface area contributed by atoms with Crippen LogP contribution < -0.4 is 9.62 Å². The first-order valence-corrected chi connectivity index (χ1v) is 15.9. The van der Waals surface area contributed by atoms with Crippen molar-refractivity contribution in [3.05, 3.63) is 101 Å². The summed E-state index contributed by atoms with van der Waals surface area (Å²) >= 11 is 5.97. The second-order valence-electron chi connectivity index (χ2n) is 9.91. The molecule has 10 heteroatoms. The van der Waals surface area contributed by atoms with Gasteiger partial charge in [0, 0.05) is 37.5 Å². The van der Waals surface area contributed by atoms with Crippen LogP contribution in [-0.2, 0) is 32.6 Å². The maximum atomic E-state index is 13.8. The molecule has 1 N–H and O–H groups in total. The Morgan fingerprint density at radius 2 is 1.59 bits per heavy atom. The second kappa shape index (κ2) is 15.5. The fourth-order valence-electron chi connectivity index (χ4n) is 4.46. The van der Waals surface area contributed by atoms with Crippen LogP contribution >= 0.6 is 11.6 Å². The summed E-state index contributed by atoms with van der Waals surface area (Å²) < 4.78 is 39.9. The number of amides is 2. The van der Waals surface area contributed by atoms with Crippen molar-refractivity contribution in [2.75, 3.05) is 23.7 Å². The van der Waals surface area contributed by atoms with Crippen molar-refractivity contribution in [2.45, 2.75) is 51.6 Å². The van der Waals surface area contributed by atoms with Crippen LogP contribution in [0.4, 0.5) is 10.1 Å². The number of unbranched alkanes of at least 4 members (excludes halogenated alkanes) is 1. The lowest BCUT2D eigenvalue weighted by atomic mass is 10.0. The molecule has 0 bridgehead atoms. The molecule has 3 aromatic carbocycles. The highest BCUT2D eigenvalue weighted by Gasteiger charge is 2.30. The van der Waals surface area contributed by atoms with Crippen molar-refractivity contribution in [2.24, 2.45) is 0 Å². The largest absolute Gasteiger partial charge is 0.354 e. The zero-order valence-electron chi connectivity index (χ0n) is 23.4. The van der Waals surface area contributed by atoms with Crippen molar-refractivity contribution in [3.8, 4) is 0 Å². The molecular formula is C31H37ClFN3O4S. The number of nitrogens with one attached hydrogen (secondary N) is 1. The van der Waals surface area contributed by atoms with E-state index in [0.717, 1.165) is 24.7 Å². The van der Waals surface area contributed by atoms with E-state index < -0.39 is 21.9 Å². The van der Waals surface area contributed by atoms with E-state index in [0.29, 0.717) is 29.2 Å². The minimum Gasteiger partial charge on any atom is -0.354 e. The monoisotopic (exact) mass is 601 g/mol. The fourth-order valence-corrected chi connectivity index (χ4v) is 5.55. The summed E-state index contributed by atoms with van der Waals surface area (Å²) in [5.74, 6) is -0.963. The maximum Gasteiger partial charge on any atom is 0.243 e. The zero-order chi connectivity index (χ0) is 29.8. The highest BCUT2D eigenvalue weighted by molar-refractivity contribution is 7.92. The first-order valence-electron chi connectivity index (χ1n) is 13.7. The van der Waals surface area contributed by atoms with Crippen LogP contribution in [0.3, 0.4) is 0 Å². The number of halogens is 2. The number of rotatable bonds is 15. The average molecular weight is 602 g/mol. The summed E-state index contributed by atoms with van der Waals surface area (Å²) in [5, 5.41) is 3.45. The molecule has 0 aliphatic carbocycles. The molecule has 0 fully saturated rings.